The maximum absolute atomic E-state index is 13.8. The highest BCUT2D eigenvalue weighted by atomic mass is 31.3. The van der Waals surface area contributed by atoms with E-state index in [1.807, 2.05) is 0 Å². The van der Waals surface area contributed by atoms with Gasteiger partial charge < -0.3 is 75.4 Å². The van der Waals surface area contributed by atoms with Crippen LogP contribution in [0, 0.1) is 24.2 Å². The van der Waals surface area contributed by atoms with Gasteiger partial charge in [0.2, 0.25) is 24.5 Å². The molecule has 0 amide bonds. The fourth-order valence-corrected chi connectivity index (χ4v) is 14.3. The summed E-state index contributed by atoms with van der Waals surface area (Å²) >= 11 is 0. The lowest BCUT2D eigenvalue weighted by atomic mass is 9.95. The molecule has 3 saturated heterocycles. The van der Waals surface area contributed by atoms with Crippen LogP contribution in [0.4, 0.5) is 17.7 Å². The third kappa shape index (κ3) is 13.1. The minimum absolute atomic E-state index is 0.00204. The number of aliphatic hydroxyl groups excluding tert-OH is 3. The summed E-state index contributed by atoms with van der Waals surface area (Å²) in [4.78, 5) is 108. The first-order chi connectivity index (χ1) is 39.6. The highest BCUT2D eigenvalue weighted by Crippen LogP contribution is 2.68. The molecule has 0 saturated carbocycles. The number of amidine groups is 1. The van der Waals surface area contributed by atoms with Crippen LogP contribution in [0.1, 0.15) is 48.9 Å². The Morgan fingerprint density at radius 1 is 0.774 bits per heavy atom. The van der Waals surface area contributed by atoms with Gasteiger partial charge >= 0.3 is 36.9 Å². The van der Waals surface area contributed by atoms with Crippen molar-refractivity contribution in [3.63, 3.8) is 0 Å². The van der Waals surface area contributed by atoms with Crippen LogP contribution in [0.25, 0.3) is 22.3 Å². The summed E-state index contributed by atoms with van der Waals surface area (Å²) < 4.78 is 116. The number of H-pyrrole nitrogens is 2. The molecule has 5 aromatic rings. The largest absolute Gasteiger partial charge is 0.490 e. The number of nitrogens with one attached hydrogen (secondary N) is 3. The van der Waals surface area contributed by atoms with E-state index in [2.05, 4.69) is 54.8 Å². The Balaban J connectivity index is 0.876. The van der Waals surface area contributed by atoms with Gasteiger partial charge in [-0.05, 0) is 6.42 Å². The Labute approximate surface area is 471 Å². The van der Waals surface area contributed by atoms with Crippen molar-refractivity contribution >= 4 is 83.0 Å². The number of terminal acetylenes is 1. The van der Waals surface area contributed by atoms with Gasteiger partial charge in [0.1, 0.15) is 48.6 Å². The van der Waals surface area contributed by atoms with Crippen molar-refractivity contribution < 1.29 is 113 Å². The van der Waals surface area contributed by atoms with Gasteiger partial charge in [0, 0.05) is 32.5 Å². The highest BCUT2D eigenvalue weighted by Gasteiger charge is 2.54. The summed E-state index contributed by atoms with van der Waals surface area (Å²) in [5, 5.41) is 36.3. The molecule has 43 heteroatoms. The molecule has 9 heterocycles. The number of methoxy groups -OCH3 is 2. The lowest BCUT2D eigenvalue weighted by Crippen LogP contribution is -2.38. The number of aryl methyl sites for hydroxylation is 1. The summed E-state index contributed by atoms with van der Waals surface area (Å²) in [6.07, 6.45) is -8.69. The second-order valence-corrected chi connectivity index (χ2v) is 25.2. The number of phosphoric acid groups is 4. The molecule has 4 aliphatic rings. The van der Waals surface area contributed by atoms with Crippen LogP contribution >= 0.6 is 31.3 Å². The van der Waals surface area contributed by atoms with Gasteiger partial charge in [-0.2, -0.15) is 23.2 Å². The van der Waals surface area contributed by atoms with E-state index in [-0.39, 0.29) is 71.0 Å². The molecule has 14 N–H and O–H groups in total. The van der Waals surface area contributed by atoms with Gasteiger partial charge in [-0.3, -0.25) is 51.6 Å². The molecule has 3 fully saturated rings. The monoisotopic (exact) mass is 1270 g/mol. The second-order valence-electron chi connectivity index (χ2n) is 19.1. The number of rotatable bonds is 24. The van der Waals surface area contributed by atoms with E-state index in [0.29, 0.717) is 6.42 Å². The number of nitrogens with two attached hydrogens (primary N) is 2. The van der Waals surface area contributed by atoms with E-state index in [1.54, 1.807) is 6.92 Å². The first-order valence-corrected chi connectivity index (χ1v) is 30.8. The molecule has 0 aliphatic carbocycles. The normalized spacial score (nSPS) is 30.1. The number of carbonyl (C=O) groups excluding carboxylic acids is 1. The number of ketones is 1. The van der Waals surface area contributed by atoms with Gasteiger partial charge in [0.05, 0.1) is 58.8 Å². The standard InChI is InChI=1S/C41H56N14O25P4/c1-6-8-44-41-49-34-25(36(61)51-41)52(3)16-55(34)37-27(57)18(10-70-4)19(75-37)11-73-82(64,65)79-84(68,69)80-83(66,67)74-13-21-30(31(71-5)39(77-21)54-15-46-24-33(54)48-40(43)50-35(24)60)78-81(62,63)72-12-20-28(58)29(59)38(76-20)53-14-45-23-26(56)17(7-2)9-22(42)47-32(23)53/h1,14-21,27-31,37-39,57-59H,7-13H2,2-5H3,(H10-,42,43,44,47,48,49,50,51,56,60,61,62,63,64,65,66,67,68,69)/p+1/t17?,18-,19-,20-,21-,27-,28-,29-,30-,31-,37?,38-,39-/m1/s1. The topological polar surface area (TPSA) is 541 Å². The summed E-state index contributed by atoms with van der Waals surface area (Å²) in [7, 11) is -19.8. The van der Waals surface area contributed by atoms with E-state index >= 15 is 0 Å². The van der Waals surface area contributed by atoms with E-state index < -0.39 is 148 Å². The lowest BCUT2D eigenvalue weighted by Gasteiger charge is -2.26. The number of hydrogen-bond donors (Lipinski definition) is 12. The number of hydrogen-bond acceptors (Lipinski definition) is 29. The zero-order chi connectivity index (χ0) is 61.0. The Bertz CT molecular complexity index is 3700. The summed E-state index contributed by atoms with van der Waals surface area (Å²) in [6, 6.07) is 0. The Morgan fingerprint density at radius 3 is 2.07 bits per heavy atom. The van der Waals surface area contributed by atoms with Crippen molar-refractivity contribution in [1.82, 2.24) is 43.6 Å². The first kappa shape index (κ1) is 62.9. The zero-order valence-corrected chi connectivity index (χ0v) is 47.8. The molecule has 4 aliphatic heterocycles. The van der Waals surface area contributed by atoms with E-state index in [1.165, 1.54) is 29.6 Å². The number of phosphoric ester groups is 3. The van der Waals surface area contributed by atoms with Gasteiger partial charge in [-0.1, -0.05) is 12.8 Å². The van der Waals surface area contributed by atoms with Crippen LogP contribution in [-0.4, -0.2) is 186 Å². The van der Waals surface area contributed by atoms with Gasteiger partial charge in [-0.15, -0.1) is 6.42 Å². The number of Topliss-reactive ketones (excluding diaryl/α,β-unsaturated/α-hetero) is 1. The smallest absolute Gasteiger partial charge is 0.387 e. The quantitative estimate of drug-likeness (QED) is 0.0176. The number of ether oxygens (including phenoxy) is 5. The Hall–Kier alpha value is -5.59. The molecule has 0 spiro atoms. The molecule has 5 aromatic heterocycles. The minimum atomic E-state index is -6.23. The summed E-state index contributed by atoms with van der Waals surface area (Å²) in [6.45, 7) is -1.80. The third-order valence-corrected chi connectivity index (χ3v) is 18.9. The number of nitrogens with zero attached hydrogens (tertiary/aromatic N) is 9. The molecule has 6 unspecified atom stereocenters. The van der Waals surface area contributed by atoms with E-state index in [0.717, 1.165) is 28.9 Å². The maximum atomic E-state index is 13.8. The number of imidazole rings is 3. The van der Waals surface area contributed by atoms with Crippen molar-refractivity contribution in [2.45, 2.75) is 87.3 Å². The second kappa shape index (κ2) is 24.6. The fourth-order valence-electron chi connectivity index (χ4n) is 9.80. The van der Waals surface area contributed by atoms with Crippen molar-refractivity contribution in [3.8, 4) is 12.3 Å². The molecule has 39 nitrogen and oxygen atoms in total. The number of anilines is 2. The third-order valence-electron chi connectivity index (χ3n) is 13.6. The SMILES string of the molecule is C#CCNc1nc2c(c(=O)[nH]1)[n+](C)cn2C1O[C@H](COP(=O)(O)OP(=O)(O)OP(=O)(O)OC[C@H]2O[C@@H](n3cnc4c(=O)[nH]c(N)nc43)[C@H](OC)[C@@H]2OP(=O)(O)OC[C@H]2O[C@@H](n3cnc4c3N=C(N)CC(CC)C4=O)[C@H](O)[C@@H]2O)[C@@H](COC)[C@H]1O. The average Bonchev–Trinajstić information content (AvgIpc) is 2.07. The molecule has 0 radical (unpaired) electrons. The predicted molar refractivity (Wildman–Crippen MR) is 278 cm³/mol. The highest BCUT2D eigenvalue weighted by molar-refractivity contribution is 7.66. The van der Waals surface area contributed by atoms with Crippen molar-refractivity contribution in [2.24, 2.45) is 29.6 Å². The van der Waals surface area contributed by atoms with Crippen LogP contribution in [0.5, 0.6) is 0 Å². The first-order valence-electron chi connectivity index (χ1n) is 24.8. The molecule has 0 bridgehead atoms. The summed E-state index contributed by atoms with van der Waals surface area (Å²) in [5.41, 5.74) is 9.86. The van der Waals surface area contributed by atoms with Crippen LogP contribution < -0.4 is 32.5 Å². The van der Waals surface area contributed by atoms with Crippen LogP contribution in [0.2, 0.25) is 0 Å². The molecule has 460 valence electrons. The van der Waals surface area contributed by atoms with Gasteiger partial charge in [0.15, 0.2) is 40.9 Å². The summed E-state index contributed by atoms with van der Waals surface area (Å²) in [5.74, 6) is -0.0787. The number of aliphatic imine (C=N–C) groups is 1. The van der Waals surface area contributed by atoms with E-state index in [4.69, 9.17) is 59.7 Å². The van der Waals surface area contributed by atoms with Crippen molar-refractivity contribution in [2.75, 3.05) is 58.2 Å². The average molecular weight is 1270 g/mol. The minimum Gasteiger partial charge on any atom is -0.387 e. The number of aromatic amines is 2. The number of nitrogen functional groups attached to an aromatic ring is 1. The number of aromatic nitrogens is 10. The van der Waals surface area contributed by atoms with Crippen molar-refractivity contribution in [3.05, 3.63) is 45.4 Å². The number of aliphatic hydroxyl groups is 3. The van der Waals surface area contributed by atoms with Crippen LogP contribution in [0.3, 0.4) is 0 Å². The van der Waals surface area contributed by atoms with Crippen molar-refractivity contribution in [1.29, 1.82) is 0 Å². The van der Waals surface area contributed by atoms with Gasteiger partial charge in [-0.25, -0.2) is 37.8 Å². The maximum Gasteiger partial charge on any atom is 0.490 e. The lowest BCUT2D eigenvalue weighted by molar-refractivity contribution is -0.646. The van der Waals surface area contributed by atoms with Crippen LogP contribution in [-0.2, 0) is 75.7 Å². The number of carbonyl (C=O) groups is 1. The molecular weight excluding hydrogens is 1210 g/mol. The van der Waals surface area contributed by atoms with Crippen LogP contribution in [0.15, 0.2) is 33.6 Å². The van der Waals surface area contributed by atoms with Gasteiger partial charge in [0.25, 0.3) is 16.7 Å². The molecular formula is C41H57N14O25P4+. The fraction of sp³-hybridized carbons (Fsp3) is 0.585. The van der Waals surface area contributed by atoms with E-state index in [9.17, 15) is 67.5 Å². The Morgan fingerprint density at radius 2 is 1.40 bits per heavy atom. The molecule has 84 heavy (non-hydrogen) atoms. The predicted octanol–water partition coefficient (Wildman–Crippen LogP) is -2.27. The molecule has 17 atom stereocenters. The Kier molecular flexibility index (Phi) is 18.5. The molecule has 9 rings (SSSR count). The molecule has 0 aromatic carbocycles. The number of fused-ring (bicyclic) bond motifs is 3. The zero-order valence-electron chi connectivity index (χ0n) is 44.2.